The monoisotopic (exact) mass is 164 g/mol. The first kappa shape index (κ1) is 7.71. The fraction of sp³-hybridized carbons (Fsp3) is 0.444. The molecule has 0 unspecified atom stereocenters. The molecule has 64 valence electrons. The molecule has 1 aromatic heterocycles. The third-order valence-electron chi connectivity index (χ3n) is 2.44. The molecule has 0 aromatic carbocycles. The lowest BCUT2D eigenvalue weighted by Gasteiger charge is -2.40. The van der Waals surface area contributed by atoms with Gasteiger partial charge in [-0.05, 0) is 17.7 Å². The van der Waals surface area contributed by atoms with Crippen molar-refractivity contribution in [1.82, 2.24) is 4.98 Å². The van der Waals surface area contributed by atoms with Crippen molar-refractivity contribution in [3.63, 3.8) is 0 Å². The largest absolute Gasteiger partial charge is 0.379 e. The highest BCUT2D eigenvalue weighted by molar-refractivity contribution is 5.26. The van der Waals surface area contributed by atoms with Gasteiger partial charge in [0.2, 0.25) is 0 Å². The van der Waals surface area contributed by atoms with Crippen LogP contribution in [0.4, 0.5) is 0 Å². The Bertz CT molecular complexity index is 251. The predicted octanol–water partition coefficient (Wildman–Crippen LogP) is 0.308. The van der Waals surface area contributed by atoms with Gasteiger partial charge in [-0.3, -0.25) is 4.98 Å². The molecule has 3 heteroatoms. The molecular formula is C9H12N2O. The van der Waals surface area contributed by atoms with Crippen LogP contribution in [0.15, 0.2) is 24.5 Å². The smallest absolute Gasteiger partial charge is 0.0597 e. The van der Waals surface area contributed by atoms with Crippen molar-refractivity contribution in [3.05, 3.63) is 30.1 Å². The van der Waals surface area contributed by atoms with Gasteiger partial charge >= 0.3 is 0 Å². The Labute approximate surface area is 71.6 Å². The fourth-order valence-corrected chi connectivity index (χ4v) is 1.46. The minimum Gasteiger partial charge on any atom is -0.379 e. The van der Waals surface area contributed by atoms with E-state index in [4.69, 9.17) is 10.5 Å². The number of nitrogens with zero attached hydrogens (tertiary/aromatic N) is 1. The number of hydrogen-bond donors (Lipinski definition) is 1. The molecule has 2 heterocycles. The second-order valence-electron chi connectivity index (χ2n) is 3.21. The van der Waals surface area contributed by atoms with Gasteiger partial charge in [-0.25, -0.2) is 0 Å². The third-order valence-corrected chi connectivity index (χ3v) is 2.44. The molecular weight excluding hydrogens is 152 g/mol. The molecule has 12 heavy (non-hydrogen) atoms. The highest BCUT2D eigenvalue weighted by atomic mass is 16.5. The van der Waals surface area contributed by atoms with Crippen LogP contribution in [0.5, 0.6) is 0 Å². The van der Waals surface area contributed by atoms with Crippen LogP contribution in [-0.4, -0.2) is 24.7 Å². The molecule has 1 saturated heterocycles. The zero-order chi connectivity index (χ0) is 8.44. The summed E-state index contributed by atoms with van der Waals surface area (Å²) in [7, 11) is 0. The topological polar surface area (TPSA) is 48.1 Å². The van der Waals surface area contributed by atoms with Gasteiger partial charge in [0.05, 0.1) is 18.6 Å². The Balaban J connectivity index is 2.28. The number of aromatic nitrogens is 1. The molecule has 0 saturated carbocycles. The molecule has 2 N–H and O–H groups in total. The summed E-state index contributed by atoms with van der Waals surface area (Å²) < 4.78 is 5.18. The minimum absolute atomic E-state index is 0.0724. The van der Waals surface area contributed by atoms with Crippen molar-refractivity contribution in [2.75, 3.05) is 19.8 Å². The van der Waals surface area contributed by atoms with Gasteiger partial charge in [0.15, 0.2) is 0 Å². The van der Waals surface area contributed by atoms with Crippen LogP contribution in [-0.2, 0) is 10.2 Å². The number of hydrogen-bond acceptors (Lipinski definition) is 3. The highest BCUT2D eigenvalue weighted by Gasteiger charge is 2.38. The van der Waals surface area contributed by atoms with E-state index in [0.29, 0.717) is 6.54 Å². The molecule has 0 aliphatic carbocycles. The average molecular weight is 164 g/mol. The predicted molar refractivity (Wildman–Crippen MR) is 45.8 cm³/mol. The molecule has 0 bridgehead atoms. The summed E-state index contributed by atoms with van der Waals surface area (Å²) in [5.74, 6) is 0. The summed E-state index contributed by atoms with van der Waals surface area (Å²) in [6, 6.07) is 4.02. The van der Waals surface area contributed by atoms with Crippen LogP contribution in [0, 0.1) is 0 Å². The van der Waals surface area contributed by atoms with E-state index in [0.717, 1.165) is 13.2 Å². The lowest BCUT2D eigenvalue weighted by Crippen LogP contribution is -2.52. The van der Waals surface area contributed by atoms with Crippen LogP contribution in [0.1, 0.15) is 5.56 Å². The summed E-state index contributed by atoms with van der Waals surface area (Å²) in [6.07, 6.45) is 3.59. The third kappa shape index (κ3) is 1.02. The fourth-order valence-electron chi connectivity index (χ4n) is 1.46. The zero-order valence-corrected chi connectivity index (χ0v) is 6.86. The van der Waals surface area contributed by atoms with Crippen LogP contribution in [0.3, 0.4) is 0 Å². The van der Waals surface area contributed by atoms with Crippen molar-refractivity contribution in [2.45, 2.75) is 5.41 Å². The van der Waals surface area contributed by atoms with Crippen molar-refractivity contribution in [1.29, 1.82) is 0 Å². The maximum atomic E-state index is 5.70. The Morgan fingerprint density at radius 3 is 2.50 bits per heavy atom. The Hall–Kier alpha value is -0.930. The molecule has 0 amide bonds. The highest BCUT2D eigenvalue weighted by Crippen LogP contribution is 2.30. The summed E-state index contributed by atoms with van der Waals surface area (Å²) >= 11 is 0. The van der Waals surface area contributed by atoms with Gasteiger partial charge < -0.3 is 10.5 Å². The maximum absolute atomic E-state index is 5.70. The van der Waals surface area contributed by atoms with E-state index in [-0.39, 0.29) is 5.41 Å². The molecule has 0 spiro atoms. The molecule has 1 fully saturated rings. The van der Waals surface area contributed by atoms with Crippen LogP contribution in [0.25, 0.3) is 0 Å². The molecule has 0 radical (unpaired) electrons. The first-order valence-corrected chi connectivity index (χ1v) is 4.06. The lowest BCUT2D eigenvalue weighted by atomic mass is 9.79. The summed E-state index contributed by atoms with van der Waals surface area (Å²) in [5.41, 5.74) is 7.01. The van der Waals surface area contributed by atoms with E-state index >= 15 is 0 Å². The Kier molecular flexibility index (Phi) is 1.83. The quantitative estimate of drug-likeness (QED) is 0.684. The molecule has 1 aromatic rings. The number of nitrogens with two attached hydrogens (primary N) is 1. The van der Waals surface area contributed by atoms with Crippen molar-refractivity contribution < 1.29 is 4.74 Å². The second kappa shape index (κ2) is 2.84. The standard InChI is InChI=1S/C9H12N2O/c10-5-9(6-12-7-9)8-1-3-11-4-2-8/h1-4H,5-7,10H2. The van der Waals surface area contributed by atoms with Gasteiger partial charge in [0.1, 0.15) is 0 Å². The first-order valence-electron chi connectivity index (χ1n) is 4.06. The van der Waals surface area contributed by atoms with Gasteiger partial charge in [-0.1, -0.05) is 0 Å². The maximum Gasteiger partial charge on any atom is 0.0597 e. The number of rotatable bonds is 2. The van der Waals surface area contributed by atoms with E-state index in [1.165, 1.54) is 5.56 Å². The van der Waals surface area contributed by atoms with Gasteiger partial charge in [-0.15, -0.1) is 0 Å². The molecule has 3 nitrogen and oxygen atoms in total. The first-order chi connectivity index (χ1) is 5.87. The van der Waals surface area contributed by atoms with E-state index in [1.807, 2.05) is 12.1 Å². The summed E-state index contributed by atoms with van der Waals surface area (Å²) in [4.78, 5) is 3.97. The van der Waals surface area contributed by atoms with Crippen molar-refractivity contribution >= 4 is 0 Å². The van der Waals surface area contributed by atoms with E-state index in [2.05, 4.69) is 4.98 Å². The summed E-state index contributed by atoms with van der Waals surface area (Å²) in [6.45, 7) is 2.14. The molecule has 0 atom stereocenters. The van der Waals surface area contributed by atoms with E-state index in [9.17, 15) is 0 Å². The summed E-state index contributed by atoms with van der Waals surface area (Å²) in [5, 5.41) is 0. The number of ether oxygens (including phenoxy) is 1. The normalized spacial score (nSPS) is 20.1. The van der Waals surface area contributed by atoms with Crippen molar-refractivity contribution in [2.24, 2.45) is 5.73 Å². The minimum atomic E-state index is 0.0724. The van der Waals surface area contributed by atoms with Crippen LogP contribution in [0.2, 0.25) is 0 Å². The average Bonchev–Trinajstić information content (AvgIpc) is 2.05. The zero-order valence-electron chi connectivity index (χ0n) is 6.86. The molecule has 2 rings (SSSR count). The Morgan fingerprint density at radius 1 is 1.42 bits per heavy atom. The van der Waals surface area contributed by atoms with E-state index < -0.39 is 0 Å². The van der Waals surface area contributed by atoms with Gasteiger partial charge in [0.25, 0.3) is 0 Å². The lowest BCUT2D eigenvalue weighted by molar-refractivity contribution is -0.0550. The van der Waals surface area contributed by atoms with Crippen LogP contribution < -0.4 is 5.73 Å². The van der Waals surface area contributed by atoms with Gasteiger partial charge in [0, 0.05) is 18.9 Å². The Morgan fingerprint density at radius 2 is 2.08 bits per heavy atom. The van der Waals surface area contributed by atoms with Crippen LogP contribution >= 0.6 is 0 Å². The molecule has 1 aliphatic rings. The van der Waals surface area contributed by atoms with Gasteiger partial charge in [-0.2, -0.15) is 0 Å². The molecule has 1 aliphatic heterocycles. The van der Waals surface area contributed by atoms with E-state index in [1.54, 1.807) is 12.4 Å². The SMILES string of the molecule is NCC1(c2ccncc2)COC1. The number of pyridine rings is 1. The second-order valence-corrected chi connectivity index (χ2v) is 3.21. The van der Waals surface area contributed by atoms with Crippen molar-refractivity contribution in [3.8, 4) is 0 Å².